The van der Waals surface area contributed by atoms with Crippen LogP contribution in [0, 0.1) is 5.92 Å². The third-order valence-electron chi connectivity index (χ3n) is 2.69. The molecule has 2 nitrogen and oxygen atoms in total. The van der Waals surface area contributed by atoms with Crippen LogP contribution < -0.4 is 5.32 Å². The van der Waals surface area contributed by atoms with Gasteiger partial charge in [0.05, 0.1) is 0 Å². The first kappa shape index (κ1) is 14.2. The van der Waals surface area contributed by atoms with Crippen LogP contribution in [0.3, 0.4) is 0 Å². The highest BCUT2D eigenvalue weighted by atomic mass is 79.9. The van der Waals surface area contributed by atoms with Crippen LogP contribution in [0.4, 0.5) is 0 Å². The fraction of sp³-hybridized carbons (Fsp3) is 0.667. The molecule has 0 aromatic carbocycles. The second kappa shape index (κ2) is 7.43. The Morgan fingerprint density at radius 3 is 2.81 bits per heavy atom. The summed E-state index contributed by atoms with van der Waals surface area (Å²) >= 11 is 5.32. The van der Waals surface area contributed by atoms with Gasteiger partial charge < -0.3 is 10.2 Å². The molecule has 1 rings (SSSR count). The Bertz CT molecular complexity index is 301. The van der Waals surface area contributed by atoms with Crippen LogP contribution in [0.15, 0.2) is 15.9 Å². The Kier molecular flexibility index (Phi) is 6.58. The maximum atomic E-state index is 3.49. The number of nitrogens with one attached hydrogen (secondary N) is 1. The quantitative estimate of drug-likeness (QED) is 0.832. The summed E-state index contributed by atoms with van der Waals surface area (Å²) in [4.78, 5) is 3.83. The SMILES string of the molecule is CCC(CNC)CN(C)Cc1cc(Br)cs1. The van der Waals surface area contributed by atoms with E-state index in [9.17, 15) is 0 Å². The predicted molar refractivity (Wildman–Crippen MR) is 76.1 cm³/mol. The monoisotopic (exact) mass is 304 g/mol. The molecule has 0 saturated heterocycles. The predicted octanol–water partition coefficient (Wildman–Crippen LogP) is 3.19. The maximum absolute atomic E-state index is 3.49. The van der Waals surface area contributed by atoms with Crippen molar-refractivity contribution < 1.29 is 0 Å². The summed E-state index contributed by atoms with van der Waals surface area (Å²) in [6.45, 7) is 5.58. The molecule has 0 amide bonds. The molecule has 0 aliphatic carbocycles. The van der Waals surface area contributed by atoms with E-state index in [2.05, 4.69) is 51.6 Å². The van der Waals surface area contributed by atoms with E-state index in [0.29, 0.717) is 0 Å². The largest absolute Gasteiger partial charge is 0.319 e. The van der Waals surface area contributed by atoms with E-state index in [1.165, 1.54) is 15.8 Å². The molecule has 4 heteroatoms. The van der Waals surface area contributed by atoms with Crippen LogP contribution in [0.1, 0.15) is 18.2 Å². The van der Waals surface area contributed by atoms with Gasteiger partial charge in [-0.25, -0.2) is 0 Å². The van der Waals surface area contributed by atoms with Crippen LogP contribution in [-0.2, 0) is 6.54 Å². The van der Waals surface area contributed by atoms with Crippen molar-refractivity contribution in [2.75, 3.05) is 27.2 Å². The third kappa shape index (κ3) is 4.95. The molecule has 1 N–H and O–H groups in total. The highest BCUT2D eigenvalue weighted by Crippen LogP contribution is 2.21. The topological polar surface area (TPSA) is 15.3 Å². The molecular weight excluding hydrogens is 284 g/mol. The number of halogens is 1. The van der Waals surface area contributed by atoms with Gasteiger partial charge >= 0.3 is 0 Å². The van der Waals surface area contributed by atoms with Crippen molar-refractivity contribution in [1.82, 2.24) is 10.2 Å². The lowest BCUT2D eigenvalue weighted by atomic mass is 10.1. The number of thiophene rings is 1. The van der Waals surface area contributed by atoms with Gasteiger partial charge in [-0.1, -0.05) is 13.3 Å². The minimum absolute atomic E-state index is 0.749. The molecule has 1 unspecified atom stereocenters. The molecule has 0 fully saturated rings. The van der Waals surface area contributed by atoms with E-state index in [1.807, 2.05) is 18.4 Å². The van der Waals surface area contributed by atoms with E-state index >= 15 is 0 Å². The van der Waals surface area contributed by atoms with E-state index in [-0.39, 0.29) is 0 Å². The van der Waals surface area contributed by atoms with Crippen molar-refractivity contribution in [3.8, 4) is 0 Å². The normalized spacial score (nSPS) is 13.3. The first-order valence-electron chi connectivity index (χ1n) is 5.71. The minimum Gasteiger partial charge on any atom is -0.319 e. The van der Waals surface area contributed by atoms with Crippen LogP contribution in [-0.4, -0.2) is 32.1 Å². The average Bonchev–Trinajstić information content (AvgIpc) is 2.63. The van der Waals surface area contributed by atoms with Gasteiger partial charge in [-0.3, -0.25) is 0 Å². The molecule has 0 saturated carbocycles. The Balaban J connectivity index is 2.37. The number of rotatable bonds is 7. The van der Waals surface area contributed by atoms with Crippen molar-refractivity contribution in [1.29, 1.82) is 0 Å². The van der Waals surface area contributed by atoms with Gasteiger partial charge in [0.2, 0.25) is 0 Å². The molecule has 0 aliphatic rings. The highest BCUT2D eigenvalue weighted by Gasteiger charge is 2.09. The molecule has 1 heterocycles. The minimum atomic E-state index is 0.749. The van der Waals surface area contributed by atoms with Crippen molar-refractivity contribution in [2.45, 2.75) is 19.9 Å². The Labute approximate surface area is 111 Å². The van der Waals surface area contributed by atoms with Gasteiger partial charge in [0.1, 0.15) is 0 Å². The van der Waals surface area contributed by atoms with E-state index in [0.717, 1.165) is 25.6 Å². The average molecular weight is 305 g/mol. The van der Waals surface area contributed by atoms with Gasteiger partial charge in [-0.2, -0.15) is 0 Å². The van der Waals surface area contributed by atoms with E-state index < -0.39 is 0 Å². The van der Waals surface area contributed by atoms with Crippen molar-refractivity contribution in [2.24, 2.45) is 5.92 Å². The summed E-state index contributed by atoms with van der Waals surface area (Å²) in [5.74, 6) is 0.749. The zero-order valence-corrected chi connectivity index (χ0v) is 12.7. The van der Waals surface area contributed by atoms with Gasteiger partial charge in [0.25, 0.3) is 0 Å². The first-order valence-corrected chi connectivity index (χ1v) is 7.39. The number of nitrogens with zero attached hydrogens (tertiary/aromatic N) is 1. The summed E-state index contributed by atoms with van der Waals surface area (Å²) in [7, 11) is 4.23. The Morgan fingerprint density at radius 1 is 1.56 bits per heavy atom. The van der Waals surface area contributed by atoms with Crippen LogP contribution >= 0.6 is 27.3 Å². The fourth-order valence-corrected chi connectivity index (χ4v) is 3.36. The Morgan fingerprint density at radius 2 is 2.31 bits per heavy atom. The summed E-state index contributed by atoms with van der Waals surface area (Å²) in [5.41, 5.74) is 0. The Hall–Kier alpha value is 0.1000. The molecule has 0 bridgehead atoms. The highest BCUT2D eigenvalue weighted by molar-refractivity contribution is 9.10. The van der Waals surface area contributed by atoms with Crippen LogP contribution in [0.2, 0.25) is 0 Å². The van der Waals surface area contributed by atoms with Gasteiger partial charge in [-0.15, -0.1) is 11.3 Å². The molecule has 0 aliphatic heterocycles. The van der Waals surface area contributed by atoms with Gasteiger partial charge in [0, 0.05) is 27.8 Å². The second-order valence-corrected chi connectivity index (χ2v) is 6.17. The van der Waals surface area contributed by atoms with E-state index in [1.54, 1.807) is 0 Å². The molecule has 0 spiro atoms. The standard InChI is InChI=1S/C12H21BrN2S/c1-4-10(6-14-2)7-15(3)8-12-5-11(13)9-16-12/h5,9-10,14H,4,6-8H2,1-3H3. The second-order valence-electron chi connectivity index (χ2n) is 4.26. The third-order valence-corrected chi connectivity index (χ3v) is 4.37. The summed E-state index contributed by atoms with van der Waals surface area (Å²) in [6, 6.07) is 2.21. The number of hydrogen-bond acceptors (Lipinski definition) is 3. The molecule has 1 aromatic heterocycles. The zero-order chi connectivity index (χ0) is 12.0. The van der Waals surface area contributed by atoms with Crippen LogP contribution in [0.25, 0.3) is 0 Å². The van der Waals surface area contributed by atoms with Crippen molar-refractivity contribution >= 4 is 27.3 Å². The molecule has 92 valence electrons. The lowest BCUT2D eigenvalue weighted by Gasteiger charge is -2.22. The maximum Gasteiger partial charge on any atom is 0.0325 e. The summed E-state index contributed by atoms with van der Waals surface area (Å²) < 4.78 is 1.20. The van der Waals surface area contributed by atoms with Crippen LogP contribution in [0.5, 0.6) is 0 Å². The lowest BCUT2D eigenvalue weighted by molar-refractivity contribution is 0.263. The summed E-state index contributed by atoms with van der Waals surface area (Å²) in [5, 5.41) is 5.41. The smallest absolute Gasteiger partial charge is 0.0325 e. The van der Waals surface area contributed by atoms with Crippen molar-refractivity contribution in [3.05, 3.63) is 20.8 Å². The summed E-state index contributed by atoms with van der Waals surface area (Å²) in [6.07, 6.45) is 1.24. The molecule has 0 radical (unpaired) electrons. The van der Waals surface area contributed by atoms with E-state index in [4.69, 9.17) is 0 Å². The molecule has 1 atom stereocenters. The van der Waals surface area contributed by atoms with Crippen molar-refractivity contribution in [3.63, 3.8) is 0 Å². The fourth-order valence-electron chi connectivity index (χ4n) is 1.83. The molecular formula is C12H21BrN2S. The molecule has 16 heavy (non-hydrogen) atoms. The first-order chi connectivity index (χ1) is 7.65. The molecule has 1 aromatic rings. The van der Waals surface area contributed by atoms with Gasteiger partial charge in [0.15, 0.2) is 0 Å². The van der Waals surface area contributed by atoms with Gasteiger partial charge in [-0.05, 0) is 48.6 Å². The lowest BCUT2D eigenvalue weighted by Crippen LogP contribution is -2.30. The number of hydrogen-bond donors (Lipinski definition) is 1. The zero-order valence-electron chi connectivity index (χ0n) is 10.3.